The smallest absolute Gasteiger partial charge is 0.0149 e. The van der Waals surface area contributed by atoms with Crippen molar-refractivity contribution in [3.05, 3.63) is 77.4 Å². The Balaban J connectivity index is 0.000000930. The molecule has 0 radical (unpaired) electrons. The van der Waals surface area contributed by atoms with Gasteiger partial charge < -0.3 is 10.2 Å². The number of amides is 1. The van der Waals surface area contributed by atoms with E-state index in [1.165, 1.54) is 11.1 Å². The van der Waals surface area contributed by atoms with Crippen molar-refractivity contribution < 1.29 is 31.9 Å². The summed E-state index contributed by atoms with van der Waals surface area (Å²) < 4.78 is 3.74. The zero-order valence-corrected chi connectivity index (χ0v) is 18.1. The monoisotopic (exact) mass is 435 g/mol. The van der Waals surface area contributed by atoms with Crippen LogP contribution in [0.2, 0.25) is 10.5 Å². The molecule has 0 saturated heterocycles. The molecule has 0 aliphatic heterocycles. The van der Waals surface area contributed by atoms with Gasteiger partial charge in [0, 0.05) is 0 Å². The van der Waals surface area contributed by atoms with Gasteiger partial charge in [-0.15, -0.1) is 13.2 Å². The molecule has 1 N–H and O–H groups in total. The molecular weight excluding hydrogens is 402 g/mol. The summed E-state index contributed by atoms with van der Waals surface area (Å²) in [6.07, 6.45) is 4.44. The maximum absolute atomic E-state index is 12.4. The summed E-state index contributed by atoms with van der Waals surface area (Å²) in [5.41, 5.74) is 3.39. The van der Waals surface area contributed by atoms with E-state index in [-0.39, 0.29) is 30.1 Å². The third kappa shape index (κ3) is 7.86. The van der Waals surface area contributed by atoms with Crippen LogP contribution in [-0.2, 0) is 16.8 Å². The molecule has 1 aliphatic rings. The second-order valence-electron chi connectivity index (χ2n) is 6.58. The third-order valence-corrected chi connectivity index (χ3v) is 8.62. The fraction of sp³-hybridized carbons (Fsp3) is 0.318. The average Bonchev–Trinajstić information content (AvgIpc) is 3.08. The van der Waals surface area contributed by atoms with Crippen molar-refractivity contribution in [2.45, 2.75) is 28.5 Å². The van der Waals surface area contributed by atoms with E-state index in [4.69, 9.17) is 10.2 Å². The van der Waals surface area contributed by atoms with Crippen LogP contribution in [0, 0.1) is 0 Å². The fourth-order valence-corrected chi connectivity index (χ4v) is 6.82. The zero-order chi connectivity index (χ0) is 20.3. The maximum atomic E-state index is 12.4. The van der Waals surface area contributed by atoms with Crippen molar-refractivity contribution >= 4 is 22.9 Å². The van der Waals surface area contributed by atoms with Gasteiger partial charge in [-0.3, -0.25) is 0 Å². The topological polar surface area (TPSA) is 75.2 Å². The summed E-state index contributed by atoms with van der Waals surface area (Å²) >= 11 is -2.52. The second kappa shape index (κ2) is 13.6. The van der Waals surface area contributed by atoms with Gasteiger partial charge in [-0.05, 0) is 11.0 Å². The number of nitrogens with one attached hydrogen (secondary N) is 1. The van der Waals surface area contributed by atoms with Crippen LogP contribution in [0.5, 0.6) is 0 Å². The van der Waals surface area contributed by atoms with Crippen LogP contribution < -0.4 is 14.0 Å². The number of allylic oxidation sites excluding steroid dienone is 1. The largest absolute Gasteiger partial charge is 0.0149 e. The first kappa shape index (κ1) is 26.5. The van der Waals surface area contributed by atoms with Crippen LogP contribution in [-0.4, -0.2) is 30.1 Å². The van der Waals surface area contributed by atoms with Crippen molar-refractivity contribution in [3.8, 4) is 0 Å². The molecule has 28 heavy (non-hydrogen) atoms. The molecule has 3 rings (SSSR count). The summed E-state index contributed by atoms with van der Waals surface area (Å²) in [7, 11) is 0. The molecule has 0 saturated carbocycles. The molecule has 2 aromatic carbocycles. The number of carbonyl (C=O) groups is 1. The first-order valence-corrected chi connectivity index (χ1v) is 14.0. The standard InChI is InChI=1S/C9H7.C7H7NO.2C2H5O.2CH3.H4Si.Ti/c1-2-5-9-7-3-6-8(9)4-1;8-7(9)6-4-2-1-3-5-6;2*1-2-3;;;;/h1-7H;1-5H,(H2,8,9);2*2H2,1H3;2*1H3;1H4;/q;;2*-1;;;;+3/p-1. The van der Waals surface area contributed by atoms with Gasteiger partial charge in [-0.2, -0.15) is 0 Å². The van der Waals surface area contributed by atoms with Crippen molar-refractivity contribution in [2.24, 2.45) is 0 Å². The van der Waals surface area contributed by atoms with Crippen molar-refractivity contribution in [3.63, 3.8) is 0 Å². The molecule has 1 aliphatic carbocycles. The van der Waals surface area contributed by atoms with Gasteiger partial charge in [0.25, 0.3) is 0 Å². The Hall–Kier alpha value is -1.50. The number of rotatable bonds is 3. The van der Waals surface area contributed by atoms with Crippen LogP contribution in [0.3, 0.4) is 0 Å². The Bertz CT molecular complexity index is 734. The van der Waals surface area contributed by atoms with Crippen LogP contribution in [0.4, 0.5) is 0 Å². The molecule has 1 atom stereocenters. The quantitative estimate of drug-likeness (QED) is 0.745. The number of benzene rings is 2. The maximum Gasteiger partial charge on any atom is -0.0149 e. The molecule has 0 fully saturated rings. The van der Waals surface area contributed by atoms with E-state index in [1.807, 2.05) is 30.3 Å². The van der Waals surface area contributed by atoms with Gasteiger partial charge in [0.2, 0.25) is 0 Å². The Labute approximate surface area is 177 Å². The van der Waals surface area contributed by atoms with E-state index in [9.17, 15) is 4.79 Å². The minimum Gasteiger partial charge on any atom is -0.0149 e. The van der Waals surface area contributed by atoms with Crippen LogP contribution in [0.1, 0.15) is 39.6 Å². The molecule has 0 bridgehead atoms. The summed E-state index contributed by atoms with van der Waals surface area (Å²) in [5.74, 6) is 0.0541. The number of hydrogen-bond acceptors (Lipinski definition) is 3. The van der Waals surface area contributed by atoms with Crippen LogP contribution >= 0.6 is 0 Å². The fourth-order valence-electron chi connectivity index (χ4n) is 2.91. The Morgan fingerprint density at radius 1 is 0.964 bits per heavy atom. The molecule has 152 valence electrons. The zero-order valence-electron chi connectivity index (χ0n) is 16.6. The first-order chi connectivity index (χ1) is 12.9. The molecule has 1 unspecified atom stereocenters. The van der Waals surface area contributed by atoms with Gasteiger partial charge >= 0.3 is 129 Å². The van der Waals surface area contributed by atoms with E-state index < -0.39 is 16.8 Å². The Morgan fingerprint density at radius 2 is 1.46 bits per heavy atom. The summed E-state index contributed by atoms with van der Waals surface area (Å²) in [4.78, 5) is 12.4. The van der Waals surface area contributed by atoms with Gasteiger partial charge in [-0.1, -0.05) is 13.8 Å². The second-order valence-corrected chi connectivity index (χ2v) is 13.3. The molecule has 6 heteroatoms. The first-order valence-electron chi connectivity index (χ1n) is 9.22. The van der Waals surface area contributed by atoms with Gasteiger partial charge in [0.05, 0.1) is 0 Å². The SMILES string of the molecule is CC[O-].CC[O-].[CH3][Ti+2]([CH3])([NH]C(=O)c1ccccc1)[CH]1C=Cc2ccccc21.[SiH4]. The van der Waals surface area contributed by atoms with Gasteiger partial charge in [-0.25, -0.2) is 0 Å². The summed E-state index contributed by atoms with van der Waals surface area (Å²) in [6, 6.07) is 17.9. The van der Waals surface area contributed by atoms with E-state index in [0.29, 0.717) is 4.22 Å². The minimum atomic E-state index is -2.52. The van der Waals surface area contributed by atoms with E-state index in [1.54, 1.807) is 13.8 Å². The third-order valence-electron chi connectivity index (χ3n) is 4.05. The molecule has 0 heterocycles. The molecule has 0 spiro atoms. The Kier molecular flexibility index (Phi) is 12.9. The number of hydrogen-bond donors (Lipinski definition) is 1. The Morgan fingerprint density at radius 3 is 2.04 bits per heavy atom. The average molecular weight is 435 g/mol. The molecule has 0 aromatic heterocycles. The number of carbonyl (C=O) groups excluding carboxylic acids is 1. The summed E-state index contributed by atoms with van der Waals surface area (Å²) in [6.45, 7) is 3.14. The summed E-state index contributed by atoms with van der Waals surface area (Å²) in [5, 5.41) is 22.4. The molecule has 1 amide bonds. The van der Waals surface area contributed by atoms with E-state index >= 15 is 0 Å². The molecule has 2 aromatic rings. The van der Waals surface area contributed by atoms with Crippen molar-refractivity contribution in [1.82, 2.24) is 3.80 Å². The predicted octanol–water partition coefficient (Wildman–Crippen LogP) is 1.63. The van der Waals surface area contributed by atoms with Gasteiger partial charge in [0.1, 0.15) is 0 Å². The van der Waals surface area contributed by atoms with Crippen LogP contribution in [0.15, 0.2) is 60.7 Å². The van der Waals surface area contributed by atoms with Crippen molar-refractivity contribution in [1.29, 1.82) is 0 Å². The van der Waals surface area contributed by atoms with E-state index in [2.05, 4.69) is 50.7 Å². The van der Waals surface area contributed by atoms with E-state index in [0.717, 1.165) is 5.56 Å². The van der Waals surface area contributed by atoms with Crippen molar-refractivity contribution in [2.75, 3.05) is 13.2 Å². The predicted molar refractivity (Wildman–Crippen MR) is 116 cm³/mol. The minimum absolute atomic E-state index is 0. The number of fused-ring (bicyclic) bond motifs is 1. The molecule has 4 nitrogen and oxygen atoms in total. The molecular formula is C22H33NO3SiTi. The van der Waals surface area contributed by atoms with Crippen LogP contribution in [0.25, 0.3) is 6.08 Å². The van der Waals surface area contributed by atoms with Gasteiger partial charge in [0.15, 0.2) is 0 Å². The normalized spacial score (nSPS) is 13.1.